The number of aryl methyl sites for hydroxylation is 2. The van der Waals surface area contributed by atoms with Crippen molar-refractivity contribution >= 4 is 11.8 Å². The Bertz CT molecular complexity index is 800. The van der Waals surface area contributed by atoms with Gasteiger partial charge >= 0.3 is 0 Å². The number of hydrogen-bond donors (Lipinski definition) is 1. The van der Waals surface area contributed by atoms with Crippen molar-refractivity contribution < 1.29 is 9.59 Å². The molecule has 1 saturated heterocycles. The van der Waals surface area contributed by atoms with Crippen LogP contribution >= 0.6 is 0 Å². The van der Waals surface area contributed by atoms with Crippen LogP contribution in [-0.4, -0.2) is 53.3 Å². The van der Waals surface area contributed by atoms with Crippen LogP contribution in [0.3, 0.4) is 0 Å². The number of rotatable bonds is 2. The third-order valence-corrected chi connectivity index (χ3v) is 6.62. The van der Waals surface area contributed by atoms with E-state index >= 15 is 0 Å². The molecular weight excluding hydrogens is 330 g/mol. The summed E-state index contributed by atoms with van der Waals surface area (Å²) >= 11 is 0. The van der Waals surface area contributed by atoms with Crippen molar-refractivity contribution in [3.8, 4) is 0 Å². The molecule has 4 rings (SSSR count). The van der Waals surface area contributed by atoms with Gasteiger partial charge < -0.3 is 14.8 Å². The maximum atomic E-state index is 13.0. The summed E-state index contributed by atoms with van der Waals surface area (Å²) in [6.45, 7) is 0.779. The smallest absolute Gasteiger partial charge is 0.261 e. The zero-order valence-electron chi connectivity index (χ0n) is 15.6. The van der Waals surface area contributed by atoms with Gasteiger partial charge in [-0.2, -0.15) is 0 Å². The molecule has 1 aliphatic heterocycles. The molecule has 0 spiro atoms. The lowest BCUT2D eigenvalue weighted by Gasteiger charge is -2.31. The van der Waals surface area contributed by atoms with Crippen LogP contribution in [0.1, 0.15) is 53.7 Å². The number of H-pyrrole nitrogens is 1. The van der Waals surface area contributed by atoms with Crippen molar-refractivity contribution in [1.82, 2.24) is 14.8 Å². The van der Waals surface area contributed by atoms with Gasteiger partial charge in [-0.25, -0.2) is 0 Å². The Hall–Kier alpha value is -2.11. The molecule has 26 heavy (non-hydrogen) atoms. The van der Waals surface area contributed by atoms with Crippen LogP contribution in [0.15, 0.2) is 10.9 Å². The van der Waals surface area contributed by atoms with Crippen molar-refractivity contribution in [3.63, 3.8) is 0 Å². The third kappa shape index (κ3) is 2.95. The number of likely N-dealkylation sites (tertiary alicyclic amines) is 1. The molecule has 1 aromatic rings. The molecule has 1 aromatic heterocycles. The largest absolute Gasteiger partial charge is 0.345 e. The van der Waals surface area contributed by atoms with E-state index in [2.05, 4.69) is 4.98 Å². The first kappa shape index (κ1) is 17.3. The fraction of sp³-hybridized carbons (Fsp3) is 0.650. The quantitative estimate of drug-likeness (QED) is 0.873. The van der Waals surface area contributed by atoms with Gasteiger partial charge in [-0.3, -0.25) is 14.4 Å². The Morgan fingerprint density at radius 1 is 1.19 bits per heavy atom. The van der Waals surface area contributed by atoms with Gasteiger partial charge in [0.2, 0.25) is 5.91 Å². The number of amides is 2. The summed E-state index contributed by atoms with van der Waals surface area (Å²) in [4.78, 5) is 43.9. The molecule has 3 atom stereocenters. The lowest BCUT2D eigenvalue weighted by Crippen LogP contribution is -2.40. The summed E-state index contributed by atoms with van der Waals surface area (Å²) in [5, 5.41) is 0. The highest BCUT2D eigenvalue weighted by atomic mass is 16.2. The van der Waals surface area contributed by atoms with Gasteiger partial charge in [0.15, 0.2) is 0 Å². The fourth-order valence-electron chi connectivity index (χ4n) is 4.99. The lowest BCUT2D eigenvalue weighted by atomic mass is 9.88. The molecule has 3 aliphatic rings. The number of nitrogens with zero attached hydrogens (tertiary/aromatic N) is 2. The second-order valence-electron chi connectivity index (χ2n) is 8.26. The third-order valence-electron chi connectivity index (χ3n) is 6.62. The van der Waals surface area contributed by atoms with E-state index in [4.69, 9.17) is 0 Å². The Morgan fingerprint density at radius 3 is 2.73 bits per heavy atom. The molecule has 0 bridgehead atoms. The van der Waals surface area contributed by atoms with Crippen molar-refractivity contribution in [3.05, 3.63) is 33.2 Å². The minimum Gasteiger partial charge on any atom is -0.345 e. The molecule has 0 aromatic carbocycles. The Labute approximate surface area is 153 Å². The van der Waals surface area contributed by atoms with Gasteiger partial charge in [0, 0.05) is 38.8 Å². The zero-order chi connectivity index (χ0) is 18.4. The predicted molar refractivity (Wildman–Crippen MR) is 98.1 cm³/mol. The SMILES string of the molecule is CN1C[C@H]2C[C@@H](N(C)C(=O)c3cc4c([nH]c3=O)CCCC4)C[C@H]2CC1=O. The summed E-state index contributed by atoms with van der Waals surface area (Å²) in [5.74, 6) is 0.829. The van der Waals surface area contributed by atoms with Crippen molar-refractivity contribution in [1.29, 1.82) is 0 Å². The summed E-state index contributed by atoms with van der Waals surface area (Å²) in [5.41, 5.74) is 2.10. The number of piperidine rings is 1. The average molecular weight is 357 g/mol. The average Bonchev–Trinajstić information content (AvgIpc) is 3.03. The minimum atomic E-state index is -0.271. The molecule has 6 nitrogen and oxygen atoms in total. The number of hydrogen-bond acceptors (Lipinski definition) is 3. The van der Waals surface area contributed by atoms with Crippen LogP contribution in [-0.2, 0) is 17.6 Å². The first-order valence-electron chi connectivity index (χ1n) is 9.70. The molecule has 140 valence electrons. The van der Waals surface area contributed by atoms with E-state index in [0.29, 0.717) is 18.3 Å². The second kappa shape index (κ2) is 6.56. The summed E-state index contributed by atoms with van der Waals surface area (Å²) in [6, 6.07) is 1.91. The van der Waals surface area contributed by atoms with E-state index in [1.807, 2.05) is 13.1 Å². The molecule has 2 fully saturated rings. The molecule has 2 aliphatic carbocycles. The molecule has 6 heteroatoms. The number of carbonyl (C=O) groups excluding carboxylic acids is 2. The number of aromatic nitrogens is 1. The van der Waals surface area contributed by atoms with Crippen LogP contribution in [0, 0.1) is 11.8 Å². The monoisotopic (exact) mass is 357 g/mol. The Morgan fingerprint density at radius 2 is 1.92 bits per heavy atom. The molecule has 1 N–H and O–H groups in total. The van der Waals surface area contributed by atoms with Crippen LogP contribution in [0.5, 0.6) is 0 Å². The van der Waals surface area contributed by atoms with E-state index in [0.717, 1.165) is 56.3 Å². The maximum absolute atomic E-state index is 13.0. The van der Waals surface area contributed by atoms with E-state index in [-0.39, 0.29) is 29.0 Å². The van der Waals surface area contributed by atoms with Crippen LogP contribution in [0.4, 0.5) is 0 Å². The standard InChI is InChI=1S/C20H27N3O3/c1-22-11-14-8-15(7-13(14)10-18(22)24)23(2)20(26)16-9-12-5-3-4-6-17(12)21-19(16)25/h9,13-15H,3-8,10-11H2,1-2H3,(H,21,25)/t13-,14+,15-/m0/s1. The second-order valence-corrected chi connectivity index (χ2v) is 8.26. The normalized spacial score (nSPS) is 27.8. The van der Waals surface area contributed by atoms with Crippen LogP contribution < -0.4 is 5.56 Å². The van der Waals surface area contributed by atoms with Crippen LogP contribution in [0.2, 0.25) is 0 Å². The molecule has 0 unspecified atom stereocenters. The van der Waals surface area contributed by atoms with E-state index in [1.54, 1.807) is 16.8 Å². The zero-order valence-corrected chi connectivity index (χ0v) is 15.6. The fourth-order valence-corrected chi connectivity index (χ4v) is 4.99. The number of pyridine rings is 1. The molecule has 2 amide bonds. The predicted octanol–water partition coefficient (Wildman–Crippen LogP) is 1.58. The Kier molecular flexibility index (Phi) is 4.37. The molecular formula is C20H27N3O3. The molecule has 1 saturated carbocycles. The van der Waals surface area contributed by atoms with E-state index in [1.165, 1.54) is 0 Å². The summed E-state index contributed by atoms with van der Waals surface area (Å²) in [6.07, 6.45) is 6.37. The number of fused-ring (bicyclic) bond motifs is 2. The maximum Gasteiger partial charge on any atom is 0.261 e. The first-order chi connectivity index (χ1) is 12.4. The summed E-state index contributed by atoms with van der Waals surface area (Å²) in [7, 11) is 3.65. The van der Waals surface area contributed by atoms with Crippen molar-refractivity contribution in [2.75, 3.05) is 20.6 Å². The highest BCUT2D eigenvalue weighted by Gasteiger charge is 2.42. The summed E-state index contributed by atoms with van der Waals surface area (Å²) < 4.78 is 0. The van der Waals surface area contributed by atoms with Gasteiger partial charge in [-0.05, 0) is 62.0 Å². The number of aromatic amines is 1. The molecule has 0 radical (unpaired) electrons. The van der Waals surface area contributed by atoms with Crippen LogP contribution in [0.25, 0.3) is 0 Å². The van der Waals surface area contributed by atoms with Crippen molar-refractivity contribution in [2.24, 2.45) is 11.8 Å². The van der Waals surface area contributed by atoms with Gasteiger partial charge in [0.1, 0.15) is 5.56 Å². The van der Waals surface area contributed by atoms with Gasteiger partial charge in [0.25, 0.3) is 11.5 Å². The minimum absolute atomic E-state index is 0.104. The first-order valence-corrected chi connectivity index (χ1v) is 9.70. The van der Waals surface area contributed by atoms with E-state index < -0.39 is 0 Å². The lowest BCUT2D eigenvalue weighted by molar-refractivity contribution is -0.134. The van der Waals surface area contributed by atoms with Gasteiger partial charge in [0.05, 0.1) is 0 Å². The van der Waals surface area contributed by atoms with E-state index in [9.17, 15) is 14.4 Å². The van der Waals surface area contributed by atoms with Gasteiger partial charge in [-0.15, -0.1) is 0 Å². The van der Waals surface area contributed by atoms with Gasteiger partial charge in [-0.1, -0.05) is 0 Å². The highest BCUT2D eigenvalue weighted by molar-refractivity contribution is 5.94. The number of carbonyl (C=O) groups is 2. The Balaban J connectivity index is 1.52. The topological polar surface area (TPSA) is 73.5 Å². The highest BCUT2D eigenvalue weighted by Crippen LogP contribution is 2.40. The van der Waals surface area contributed by atoms with Crippen molar-refractivity contribution in [2.45, 2.75) is 51.0 Å². The number of nitrogens with one attached hydrogen (secondary N) is 1. The molecule has 2 heterocycles.